The van der Waals surface area contributed by atoms with Crippen molar-refractivity contribution in [3.8, 4) is 0 Å². The number of anilines is 2. The van der Waals surface area contributed by atoms with Crippen LogP contribution in [0.3, 0.4) is 0 Å². The summed E-state index contributed by atoms with van der Waals surface area (Å²) in [7, 11) is 0. The standard InChI is InChI=1S/C22H28ClN7O/c1-22(13-31-14-22)30-7-5-29(6-8-30)20-10-18-15(9-16(20)23)12-26-21(27-18)28-19(11-24)17-3-2-4-25-17/h9-12H,2-8,13-14,24H2,1H3,(H,26,27,28)/b19-11+. The Kier molecular flexibility index (Phi) is 5.45. The highest BCUT2D eigenvalue weighted by Crippen LogP contribution is 2.33. The van der Waals surface area contributed by atoms with Gasteiger partial charge in [-0.2, -0.15) is 0 Å². The predicted molar refractivity (Wildman–Crippen MR) is 125 cm³/mol. The molecule has 0 unspecified atom stereocenters. The fourth-order valence-electron chi connectivity index (χ4n) is 4.50. The average Bonchev–Trinajstić information content (AvgIpc) is 3.30. The molecule has 2 saturated heterocycles. The van der Waals surface area contributed by atoms with Gasteiger partial charge >= 0.3 is 0 Å². The number of nitrogens with one attached hydrogen (secondary N) is 1. The quantitative estimate of drug-likeness (QED) is 0.736. The van der Waals surface area contributed by atoms with Gasteiger partial charge in [-0.3, -0.25) is 9.89 Å². The zero-order valence-corrected chi connectivity index (χ0v) is 18.5. The van der Waals surface area contributed by atoms with Crippen LogP contribution in [0.2, 0.25) is 5.02 Å². The van der Waals surface area contributed by atoms with Gasteiger partial charge in [0, 0.05) is 50.5 Å². The molecule has 2 fully saturated rings. The van der Waals surface area contributed by atoms with E-state index in [0.717, 1.165) is 91.8 Å². The van der Waals surface area contributed by atoms with E-state index in [-0.39, 0.29) is 5.54 Å². The molecule has 0 radical (unpaired) electrons. The van der Waals surface area contributed by atoms with Gasteiger partial charge in [0.2, 0.25) is 5.95 Å². The zero-order chi connectivity index (χ0) is 21.4. The molecule has 0 bridgehead atoms. The summed E-state index contributed by atoms with van der Waals surface area (Å²) in [4.78, 5) is 18.5. The molecule has 3 aliphatic heterocycles. The van der Waals surface area contributed by atoms with Crippen LogP contribution < -0.4 is 16.0 Å². The molecule has 0 saturated carbocycles. The highest BCUT2D eigenvalue weighted by atomic mass is 35.5. The van der Waals surface area contributed by atoms with Crippen LogP contribution in [0, 0.1) is 0 Å². The number of fused-ring (bicyclic) bond motifs is 1. The lowest BCUT2D eigenvalue weighted by Crippen LogP contribution is -2.64. The third kappa shape index (κ3) is 3.95. The number of benzene rings is 1. The highest BCUT2D eigenvalue weighted by Gasteiger charge is 2.40. The van der Waals surface area contributed by atoms with E-state index in [0.29, 0.717) is 5.95 Å². The van der Waals surface area contributed by atoms with Gasteiger partial charge in [0.25, 0.3) is 0 Å². The summed E-state index contributed by atoms with van der Waals surface area (Å²) in [5, 5.41) is 4.87. The fourth-order valence-corrected chi connectivity index (χ4v) is 4.79. The molecule has 5 rings (SSSR count). The smallest absolute Gasteiger partial charge is 0.227 e. The first-order chi connectivity index (χ1) is 15.1. The number of rotatable bonds is 5. The Balaban J connectivity index is 1.35. The minimum atomic E-state index is 0.185. The van der Waals surface area contributed by atoms with Crippen LogP contribution in [0.25, 0.3) is 10.9 Å². The van der Waals surface area contributed by atoms with Crippen molar-refractivity contribution in [3.63, 3.8) is 0 Å². The maximum atomic E-state index is 6.65. The van der Waals surface area contributed by atoms with Crippen molar-refractivity contribution in [2.75, 3.05) is 56.2 Å². The Hall–Kier alpha value is -2.42. The molecule has 9 heteroatoms. The van der Waals surface area contributed by atoms with Crippen molar-refractivity contribution in [2.45, 2.75) is 25.3 Å². The molecule has 0 aliphatic carbocycles. The van der Waals surface area contributed by atoms with Gasteiger partial charge in [-0.05, 0) is 31.9 Å². The van der Waals surface area contributed by atoms with E-state index in [9.17, 15) is 0 Å². The molecule has 0 amide bonds. The third-order valence-electron chi connectivity index (χ3n) is 6.46. The lowest BCUT2D eigenvalue weighted by atomic mass is 9.97. The molecular weight excluding hydrogens is 414 g/mol. The number of aromatic nitrogens is 2. The monoisotopic (exact) mass is 441 g/mol. The fraction of sp³-hybridized carbons (Fsp3) is 0.500. The summed E-state index contributed by atoms with van der Waals surface area (Å²) in [6.45, 7) is 8.61. The van der Waals surface area contributed by atoms with Gasteiger partial charge in [0.05, 0.1) is 46.4 Å². The van der Waals surface area contributed by atoms with Crippen LogP contribution >= 0.6 is 11.6 Å². The molecule has 164 valence electrons. The molecule has 3 aliphatic rings. The lowest BCUT2D eigenvalue weighted by molar-refractivity contribution is -0.131. The second kappa shape index (κ2) is 8.26. The van der Waals surface area contributed by atoms with Crippen molar-refractivity contribution < 1.29 is 4.74 Å². The Labute approximate surface area is 187 Å². The SMILES string of the molecule is CC1(N2CCN(c3cc4nc(N/C(=C/N)C5=NCCC5)ncc4cc3Cl)CC2)COC1. The number of hydrogen-bond acceptors (Lipinski definition) is 8. The zero-order valence-electron chi connectivity index (χ0n) is 17.8. The number of halogens is 1. The number of piperazine rings is 1. The van der Waals surface area contributed by atoms with E-state index in [1.54, 1.807) is 6.20 Å². The first kappa shape index (κ1) is 20.5. The molecule has 0 spiro atoms. The predicted octanol–water partition coefficient (Wildman–Crippen LogP) is 2.64. The van der Waals surface area contributed by atoms with Crippen molar-refractivity contribution >= 4 is 39.9 Å². The number of aliphatic imine (C=N–C) groups is 1. The lowest BCUT2D eigenvalue weighted by Gasteiger charge is -2.50. The van der Waals surface area contributed by atoms with Crippen LogP contribution in [0.1, 0.15) is 19.8 Å². The van der Waals surface area contributed by atoms with Crippen LogP contribution in [0.4, 0.5) is 11.6 Å². The first-order valence-corrected chi connectivity index (χ1v) is 11.2. The topological polar surface area (TPSA) is 91.9 Å². The Morgan fingerprint density at radius 1 is 1.26 bits per heavy atom. The molecule has 3 N–H and O–H groups in total. The number of hydrogen-bond donors (Lipinski definition) is 2. The maximum absolute atomic E-state index is 6.65. The third-order valence-corrected chi connectivity index (χ3v) is 6.76. The Morgan fingerprint density at radius 2 is 2.06 bits per heavy atom. The Bertz CT molecular complexity index is 1040. The normalized spacial score (nSPS) is 21.8. The second-order valence-corrected chi connectivity index (χ2v) is 9.06. The van der Waals surface area contributed by atoms with Gasteiger partial charge < -0.3 is 20.7 Å². The van der Waals surface area contributed by atoms with Crippen LogP contribution in [-0.4, -0.2) is 72.1 Å². The number of ether oxygens (including phenoxy) is 1. The van der Waals surface area contributed by atoms with Crippen LogP contribution in [0.15, 0.2) is 35.2 Å². The van der Waals surface area contributed by atoms with Crippen molar-refractivity contribution in [1.82, 2.24) is 14.9 Å². The molecular formula is C22H28ClN7O. The van der Waals surface area contributed by atoms with Gasteiger partial charge in [-0.1, -0.05) is 11.6 Å². The highest BCUT2D eigenvalue weighted by molar-refractivity contribution is 6.34. The van der Waals surface area contributed by atoms with E-state index in [4.69, 9.17) is 27.1 Å². The van der Waals surface area contributed by atoms with Gasteiger partial charge in [-0.15, -0.1) is 0 Å². The average molecular weight is 442 g/mol. The number of allylic oxidation sites excluding steroid dienone is 1. The van der Waals surface area contributed by atoms with Gasteiger partial charge in [0.1, 0.15) is 0 Å². The molecule has 8 nitrogen and oxygen atoms in total. The Morgan fingerprint density at radius 3 is 2.71 bits per heavy atom. The van der Waals surface area contributed by atoms with Crippen molar-refractivity contribution in [2.24, 2.45) is 10.7 Å². The summed E-state index contributed by atoms with van der Waals surface area (Å²) in [6, 6.07) is 4.01. The second-order valence-electron chi connectivity index (χ2n) is 8.66. The number of nitrogens with two attached hydrogens (primary N) is 1. The minimum absolute atomic E-state index is 0.185. The number of nitrogens with zero attached hydrogens (tertiary/aromatic N) is 5. The van der Waals surface area contributed by atoms with Crippen LogP contribution in [0.5, 0.6) is 0 Å². The first-order valence-electron chi connectivity index (χ1n) is 10.8. The largest absolute Gasteiger partial charge is 0.403 e. The van der Waals surface area contributed by atoms with E-state index in [2.05, 4.69) is 38.1 Å². The molecule has 31 heavy (non-hydrogen) atoms. The van der Waals surface area contributed by atoms with E-state index in [1.807, 2.05) is 6.07 Å². The van der Waals surface area contributed by atoms with Gasteiger partial charge in [0.15, 0.2) is 0 Å². The molecule has 2 aromatic rings. The van der Waals surface area contributed by atoms with Crippen molar-refractivity contribution in [1.29, 1.82) is 0 Å². The summed E-state index contributed by atoms with van der Waals surface area (Å²) < 4.78 is 5.43. The summed E-state index contributed by atoms with van der Waals surface area (Å²) in [5.74, 6) is 0.509. The summed E-state index contributed by atoms with van der Waals surface area (Å²) >= 11 is 6.65. The van der Waals surface area contributed by atoms with E-state index >= 15 is 0 Å². The van der Waals surface area contributed by atoms with E-state index in [1.165, 1.54) is 6.20 Å². The molecule has 0 atom stereocenters. The maximum Gasteiger partial charge on any atom is 0.227 e. The minimum Gasteiger partial charge on any atom is -0.403 e. The van der Waals surface area contributed by atoms with Crippen LogP contribution in [-0.2, 0) is 4.74 Å². The summed E-state index contributed by atoms with van der Waals surface area (Å²) in [6.07, 6.45) is 5.30. The molecule has 4 heterocycles. The molecule has 1 aromatic heterocycles. The van der Waals surface area contributed by atoms with Gasteiger partial charge in [-0.25, -0.2) is 9.97 Å². The van der Waals surface area contributed by atoms with E-state index < -0.39 is 0 Å². The van der Waals surface area contributed by atoms with Crippen molar-refractivity contribution in [3.05, 3.63) is 35.2 Å². The molecule has 1 aromatic carbocycles. The summed E-state index contributed by atoms with van der Waals surface area (Å²) in [5.41, 5.74) is 9.62.